The fourth-order valence-corrected chi connectivity index (χ4v) is 5.72. The molecule has 3 unspecified atom stereocenters. The van der Waals surface area contributed by atoms with Gasteiger partial charge in [0.05, 0.1) is 23.0 Å². The monoisotopic (exact) mass is 426 g/mol. The summed E-state index contributed by atoms with van der Waals surface area (Å²) in [4.78, 5) is 49.4. The summed E-state index contributed by atoms with van der Waals surface area (Å²) in [6.07, 6.45) is -0.856. The van der Waals surface area contributed by atoms with Crippen molar-refractivity contribution in [1.82, 2.24) is 10.2 Å². The number of hydrogen-bond acceptors (Lipinski definition) is 7. The van der Waals surface area contributed by atoms with Crippen molar-refractivity contribution in [1.29, 1.82) is 0 Å². The highest BCUT2D eigenvalue weighted by atomic mass is 32.2. The largest absolute Gasteiger partial charge is 0.477 e. The number of carbonyl (C=O) groups excluding carboxylic acids is 3. The Labute approximate surface area is 166 Å². The van der Waals surface area contributed by atoms with Crippen molar-refractivity contribution in [2.24, 2.45) is 0 Å². The first-order chi connectivity index (χ1) is 13.2. The Balaban J connectivity index is 1.81. The van der Waals surface area contributed by atoms with Crippen LogP contribution in [0.25, 0.3) is 0 Å². The van der Waals surface area contributed by atoms with E-state index in [0.717, 1.165) is 9.78 Å². The van der Waals surface area contributed by atoms with Crippen molar-refractivity contribution in [2.45, 2.75) is 37.8 Å². The van der Waals surface area contributed by atoms with Gasteiger partial charge < -0.3 is 15.2 Å². The Morgan fingerprint density at radius 3 is 2.75 bits per heavy atom. The Kier molecular flexibility index (Phi) is 5.66. The molecule has 4 atom stereocenters. The lowest BCUT2D eigenvalue weighted by molar-refractivity contribution is -0.151. The van der Waals surface area contributed by atoms with Crippen LogP contribution in [0.15, 0.2) is 28.8 Å². The number of nitrogens with zero attached hydrogens (tertiary/aromatic N) is 1. The van der Waals surface area contributed by atoms with Crippen molar-refractivity contribution in [3.05, 3.63) is 33.7 Å². The number of hydrogen-bond donors (Lipinski definition) is 2. The summed E-state index contributed by atoms with van der Waals surface area (Å²) >= 11 is 1.40. The smallest absolute Gasteiger partial charge is 0.352 e. The van der Waals surface area contributed by atoms with Crippen LogP contribution in [0.5, 0.6) is 0 Å². The Morgan fingerprint density at radius 2 is 2.18 bits per heavy atom. The zero-order valence-corrected chi connectivity index (χ0v) is 16.7. The number of ether oxygens (including phenoxy) is 1. The highest BCUT2D eigenvalue weighted by molar-refractivity contribution is 7.86. The van der Waals surface area contributed by atoms with E-state index in [0.29, 0.717) is 0 Å². The summed E-state index contributed by atoms with van der Waals surface area (Å²) in [7, 11) is -1.66. The Bertz CT molecular complexity index is 893. The second-order valence-corrected chi connectivity index (χ2v) is 8.92. The van der Waals surface area contributed by atoms with Gasteiger partial charge >= 0.3 is 11.9 Å². The number of fused-ring (bicyclic) bond motifs is 1. The summed E-state index contributed by atoms with van der Waals surface area (Å²) in [6.45, 7) is 2.63. The van der Waals surface area contributed by atoms with E-state index in [9.17, 15) is 28.5 Å². The van der Waals surface area contributed by atoms with E-state index < -0.39 is 52.1 Å². The number of thiophene rings is 1. The molecule has 1 aromatic rings. The topological polar surface area (TPSA) is 130 Å². The van der Waals surface area contributed by atoms with Crippen LogP contribution in [0.1, 0.15) is 18.7 Å². The van der Waals surface area contributed by atoms with Crippen LogP contribution >= 0.6 is 11.3 Å². The third-order valence-corrected chi connectivity index (χ3v) is 6.92. The molecule has 0 spiro atoms. The number of amides is 2. The van der Waals surface area contributed by atoms with E-state index >= 15 is 0 Å². The van der Waals surface area contributed by atoms with Crippen LogP contribution in [-0.2, 0) is 41.1 Å². The number of β-lactam (4-membered cyclic amide) rings is 1. The molecule has 2 N–H and O–H groups in total. The second-order valence-electron chi connectivity index (χ2n) is 6.36. The zero-order chi connectivity index (χ0) is 20.6. The van der Waals surface area contributed by atoms with Gasteiger partial charge in [-0.25, -0.2) is 4.79 Å². The Morgan fingerprint density at radius 1 is 1.46 bits per heavy atom. The molecule has 0 bridgehead atoms. The van der Waals surface area contributed by atoms with Gasteiger partial charge in [-0.2, -0.15) is 0 Å². The van der Waals surface area contributed by atoms with Crippen molar-refractivity contribution < 1.29 is 33.2 Å². The maximum Gasteiger partial charge on any atom is 0.352 e. The molecule has 9 nitrogen and oxygen atoms in total. The molecule has 11 heteroatoms. The summed E-state index contributed by atoms with van der Waals surface area (Å²) in [6, 6.07) is 2.54. The highest BCUT2D eigenvalue weighted by Crippen LogP contribution is 2.36. The molecule has 0 aliphatic carbocycles. The lowest BCUT2D eigenvalue weighted by atomic mass is 10.0. The predicted octanol–water partition coefficient (Wildman–Crippen LogP) is -0.00370. The summed E-state index contributed by atoms with van der Waals surface area (Å²) in [5.41, 5.74) is -0.235. The molecule has 3 rings (SSSR count). The van der Waals surface area contributed by atoms with E-state index in [2.05, 4.69) is 5.32 Å². The number of carbonyl (C=O) groups is 4. The summed E-state index contributed by atoms with van der Waals surface area (Å²) < 4.78 is 17.7. The number of carboxylic acid groups (broad SMARTS) is 1. The SMILES string of the molecule is CC(=O)OC(C)C1=C(C(=O)O)N2C(=O)C(NC(=O)Cc3cccs3)[C@@H]2S(=O)C1. The van der Waals surface area contributed by atoms with Gasteiger partial charge in [0.25, 0.3) is 5.91 Å². The number of nitrogens with one attached hydrogen (secondary N) is 1. The number of esters is 1. The molecule has 150 valence electrons. The predicted molar refractivity (Wildman–Crippen MR) is 99.5 cm³/mol. The first-order valence-corrected chi connectivity index (χ1v) is 10.6. The lowest BCUT2D eigenvalue weighted by Crippen LogP contribution is -2.74. The fraction of sp³-hybridized carbons (Fsp3) is 0.412. The number of aliphatic carboxylic acids is 1. The fourth-order valence-electron chi connectivity index (χ4n) is 3.23. The van der Waals surface area contributed by atoms with E-state index in [4.69, 9.17) is 4.74 Å². The minimum Gasteiger partial charge on any atom is -0.477 e. The van der Waals surface area contributed by atoms with Crippen LogP contribution in [0, 0.1) is 0 Å². The summed E-state index contributed by atoms with van der Waals surface area (Å²) in [5.74, 6) is -3.22. The van der Waals surface area contributed by atoms with Crippen molar-refractivity contribution in [3.8, 4) is 0 Å². The van der Waals surface area contributed by atoms with Gasteiger partial charge in [-0.05, 0) is 18.4 Å². The van der Waals surface area contributed by atoms with Gasteiger partial charge in [-0.3, -0.25) is 23.5 Å². The van der Waals surface area contributed by atoms with Crippen LogP contribution in [0.2, 0.25) is 0 Å². The van der Waals surface area contributed by atoms with Gasteiger partial charge in [0.2, 0.25) is 5.91 Å². The first kappa shape index (κ1) is 20.2. The lowest BCUT2D eigenvalue weighted by Gasteiger charge is -2.49. The molecule has 0 radical (unpaired) electrons. The van der Waals surface area contributed by atoms with Gasteiger partial charge in [0.15, 0.2) is 0 Å². The van der Waals surface area contributed by atoms with E-state index in [1.54, 1.807) is 12.1 Å². The molecule has 0 aromatic carbocycles. The van der Waals surface area contributed by atoms with Crippen LogP contribution < -0.4 is 5.32 Å². The van der Waals surface area contributed by atoms with E-state index in [-0.39, 0.29) is 23.4 Å². The molecule has 0 saturated carbocycles. The van der Waals surface area contributed by atoms with Crippen LogP contribution in [0.3, 0.4) is 0 Å². The van der Waals surface area contributed by atoms with Crippen molar-refractivity contribution in [3.63, 3.8) is 0 Å². The average Bonchev–Trinajstić information content (AvgIpc) is 3.10. The third kappa shape index (κ3) is 3.72. The molecular weight excluding hydrogens is 408 g/mol. The molecule has 3 heterocycles. The van der Waals surface area contributed by atoms with Gasteiger partial charge in [-0.15, -0.1) is 11.3 Å². The number of carboxylic acids is 1. The zero-order valence-electron chi connectivity index (χ0n) is 15.0. The minimum absolute atomic E-state index is 0.0805. The van der Waals surface area contributed by atoms with Gasteiger partial charge in [-0.1, -0.05) is 6.07 Å². The summed E-state index contributed by atoms with van der Waals surface area (Å²) in [5, 5.41) is 13.0. The molecular formula is C17H18N2O7S2. The second kappa shape index (κ2) is 7.84. The third-order valence-electron chi connectivity index (χ3n) is 4.42. The normalized spacial score (nSPS) is 24.9. The quantitative estimate of drug-likeness (QED) is 0.483. The average molecular weight is 426 g/mol. The minimum atomic E-state index is -1.66. The molecule has 2 aliphatic rings. The van der Waals surface area contributed by atoms with Crippen molar-refractivity contribution in [2.75, 3.05) is 5.75 Å². The molecule has 1 fully saturated rings. The molecule has 2 aliphatic heterocycles. The first-order valence-electron chi connectivity index (χ1n) is 8.36. The Hall–Kier alpha value is -2.53. The van der Waals surface area contributed by atoms with Crippen LogP contribution in [0.4, 0.5) is 0 Å². The standard InChI is InChI=1S/C17H18N2O7S2/c1-8(26-9(2)20)11-7-28(25)16-13(15(22)19(16)14(11)17(23)24)18-12(21)6-10-4-3-5-27-10/h3-5,8,13,16H,6-7H2,1-2H3,(H,18,21)(H,23,24)/t8?,13?,16-,28?/m0/s1. The molecule has 2 amide bonds. The van der Waals surface area contributed by atoms with Gasteiger partial charge in [0.1, 0.15) is 23.2 Å². The van der Waals surface area contributed by atoms with E-state index in [1.807, 2.05) is 5.38 Å². The molecule has 28 heavy (non-hydrogen) atoms. The molecule has 1 saturated heterocycles. The highest BCUT2D eigenvalue weighted by Gasteiger charge is 2.57. The maximum atomic E-state index is 12.7. The maximum absolute atomic E-state index is 12.7. The van der Waals surface area contributed by atoms with Gasteiger partial charge in [0, 0.05) is 17.4 Å². The van der Waals surface area contributed by atoms with Crippen molar-refractivity contribution >= 4 is 45.9 Å². The van der Waals surface area contributed by atoms with E-state index in [1.165, 1.54) is 25.2 Å². The van der Waals surface area contributed by atoms with Crippen LogP contribution in [-0.4, -0.2) is 61.2 Å². The number of rotatable bonds is 6. The molecule has 1 aromatic heterocycles.